The molecule has 1 saturated carbocycles. The third kappa shape index (κ3) is 4.37. The first-order valence-electron chi connectivity index (χ1n) is 8.00. The highest BCUT2D eigenvalue weighted by Crippen LogP contribution is 2.33. The number of nitrogens with zero attached hydrogens (tertiary/aromatic N) is 2. The van der Waals surface area contributed by atoms with Crippen LogP contribution in [0, 0.1) is 0 Å². The van der Waals surface area contributed by atoms with Gasteiger partial charge < -0.3 is 0 Å². The smallest absolute Gasteiger partial charge is 0.0361 e. The third-order valence-corrected chi connectivity index (χ3v) is 5.43. The van der Waals surface area contributed by atoms with Crippen molar-refractivity contribution in [2.24, 2.45) is 0 Å². The Bertz CT molecular complexity index is 245. The largest absolute Gasteiger partial charge is 0.294 e. The van der Waals surface area contributed by atoms with Gasteiger partial charge in [-0.25, -0.2) is 4.31 Å². The van der Waals surface area contributed by atoms with Gasteiger partial charge in [-0.05, 0) is 60.6 Å². The van der Waals surface area contributed by atoms with Crippen LogP contribution in [0.4, 0.5) is 0 Å². The average Bonchev–Trinajstić information content (AvgIpc) is 2.30. The van der Waals surface area contributed by atoms with Crippen molar-refractivity contribution >= 4 is 11.9 Å². The molecule has 0 heterocycles. The van der Waals surface area contributed by atoms with E-state index in [-0.39, 0.29) is 0 Å². The van der Waals surface area contributed by atoms with Gasteiger partial charge in [0.25, 0.3) is 0 Å². The summed E-state index contributed by atoms with van der Waals surface area (Å²) in [7, 11) is 0. The van der Waals surface area contributed by atoms with E-state index >= 15 is 0 Å². The summed E-state index contributed by atoms with van der Waals surface area (Å²) < 4.78 is 2.64. The first-order valence-corrected chi connectivity index (χ1v) is 9.18. The normalized spacial score (nSPS) is 25.3. The van der Waals surface area contributed by atoms with Crippen molar-refractivity contribution in [3.05, 3.63) is 0 Å². The predicted octanol–water partition coefficient (Wildman–Crippen LogP) is 4.40. The number of hydrogen-bond acceptors (Lipinski definition) is 3. The van der Waals surface area contributed by atoms with Gasteiger partial charge in [-0.3, -0.25) is 4.90 Å². The molecule has 0 N–H and O–H groups in total. The van der Waals surface area contributed by atoms with E-state index in [2.05, 4.69) is 57.0 Å². The summed E-state index contributed by atoms with van der Waals surface area (Å²) in [4.78, 5) is 2.75. The van der Waals surface area contributed by atoms with Crippen LogP contribution in [0.3, 0.4) is 0 Å². The Morgan fingerprint density at radius 3 is 1.63 bits per heavy atom. The molecule has 1 fully saturated rings. The summed E-state index contributed by atoms with van der Waals surface area (Å²) in [6.45, 7) is 14.1. The van der Waals surface area contributed by atoms with Gasteiger partial charge in [-0.15, -0.1) is 0 Å². The molecule has 2 atom stereocenters. The van der Waals surface area contributed by atoms with E-state index in [1.54, 1.807) is 0 Å². The Morgan fingerprint density at radius 2 is 1.26 bits per heavy atom. The van der Waals surface area contributed by atoms with Crippen LogP contribution in [0.1, 0.15) is 67.2 Å². The zero-order valence-electron chi connectivity index (χ0n) is 14.0. The standard InChI is InChI=1S/C16H34N2S/c1-12(2)17(13(3)4)15-10-8-9-11-16(15)18(19-7)14(5)6/h12-16H,8-11H2,1-7H3/t15-,16+/m0/s1. The zero-order valence-corrected chi connectivity index (χ0v) is 14.8. The van der Waals surface area contributed by atoms with Crippen LogP contribution in [-0.2, 0) is 0 Å². The van der Waals surface area contributed by atoms with Crippen LogP contribution < -0.4 is 0 Å². The molecular formula is C16H34N2S. The van der Waals surface area contributed by atoms with Crippen molar-refractivity contribution < 1.29 is 0 Å². The predicted molar refractivity (Wildman–Crippen MR) is 88.6 cm³/mol. The second-order valence-electron chi connectivity index (χ2n) is 6.69. The van der Waals surface area contributed by atoms with Gasteiger partial charge >= 0.3 is 0 Å². The highest BCUT2D eigenvalue weighted by Gasteiger charge is 2.36. The third-order valence-electron chi connectivity index (χ3n) is 4.32. The van der Waals surface area contributed by atoms with Crippen molar-refractivity contribution in [2.75, 3.05) is 6.26 Å². The van der Waals surface area contributed by atoms with E-state index < -0.39 is 0 Å². The van der Waals surface area contributed by atoms with E-state index in [0.29, 0.717) is 24.2 Å². The minimum absolute atomic E-state index is 0.627. The van der Waals surface area contributed by atoms with Gasteiger partial charge in [0, 0.05) is 30.2 Å². The molecule has 1 rings (SSSR count). The molecule has 1 aliphatic rings. The Morgan fingerprint density at radius 1 is 0.789 bits per heavy atom. The average molecular weight is 287 g/mol. The molecule has 19 heavy (non-hydrogen) atoms. The Hall–Kier alpha value is 0.270. The van der Waals surface area contributed by atoms with Crippen LogP contribution in [0.2, 0.25) is 0 Å². The van der Waals surface area contributed by atoms with Crippen molar-refractivity contribution in [3.8, 4) is 0 Å². The van der Waals surface area contributed by atoms with Crippen LogP contribution in [0.5, 0.6) is 0 Å². The molecule has 0 aromatic rings. The maximum Gasteiger partial charge on any atom is 0.0361 e. The maximum atomic E-state index is 2.75. The summed E-state index contributed by atoms with van der Waals surface area (Å²) >= 11 is 1.94. The monoisotopic (exact) mass is 286 g/mol. The minimum atomic E-state index is 0.627. The van der Waals surface area contributed by atoms with Crippen LogP contribution >= 0.6 is 11.9 Å². The lowest BCUT2D eigenvalue weighted by atomic mass is 9.87. The minimum Gasteiger partial charge on any atom is -0.294 e. The highest BCUT2D eigenvalue weighted by atomic mass is 32.2. The maximum absolute atomic E-state index is 2.75. The lowest BCUT2D eigenvalue weighted by Gasteiger charge is -2.48. The van der Waals surface area contributed by atoms with Gasteiger partial charge in [-0.2, -0.15) is 0 Å². The van der Waals surface area contributed by atoms with Crippen molar-refractivity contribution in [1.82, 2.24) is 9.21 Å². The quantitative estimate of drug-likeness (QED) is 0.668. The molecule has 0 saturated heterocycles. The fourth-order valence-electron chi connectivity index (χ4n) is 3.83. The molecule has 0 aromatic heterocycles. The molecule has 1 aliphatic carbocycles. The zero-order chi connectivity index (χ0) is 14.6. The summed E-state index contributed by atoms with van der Waals surface area (Å²) in [6, 6.07) is 3.35. The van der Waals surface area contributed by atoms with Gasteiger partial charge in [0.2, 0.25) is 0 Å². The molecule has 0 spiro atoms. The van der Waals surface area contributed by atoms with Crippen molar-refractivity contribution in [1.29, 1.82) is 0 Å². The molecule has 0 radical (unpaired) electrons. The van der Waals surface area contributed by atoms with Crippen molar-refractivity contribution in [2.45, 2.75) is 97.4 Å². The molecule has 0 bridgehead atoms. The van der Waals surface area contributed by atoms with E-state index in [4.69, 9.17) is 0 Å². The first-order chi connectivity index (χ1) is 8.90. The second-order valence-corrected chi connectivity index (χ2v) is 7.48. The molecule has 3 heteroatoms. The Balaban J connectivity index is 2.92. The molecular weight excluding hydrogens is 252 g/mol. The van der Waals surface area contributed by atoms with Crippen LogP contribution in [0.15, 0.2) is 0 Å². The lowest BCUT2D eigenvalue weighted by molar-refractivity contribution is 0.0358. The van der Waals surface area contributed by atoms with E-state index in [0.717, 1.165) is 6.04 Å². The van der Waals surface area contributed by atoms with E-state index in [1.807, 2.05) is 11.9 Å². The first kappa shape index (κ1) is 17.3. The van der Waals surface area contributed by atoms with E-state index in [9.17, 15) is 0 Å². The number of rotatable bonds is 6. The molecule has 0 aliphatic heterocycles. The molecule has 114 valence electrons. The molecule has 0 unspecified atom stereocenters. The Labute approximate surface area is 125 Å². The molecule has 0 amide bonds. The second kappa shape index (κ2) is 7.90. The van der Waals surface area contributed by atoms with Crippen LogP contribution in [0.25, 0.3) is 0 Å². The number of hydrogen-bond donors (Lipinski definition) is 0. The fourth-order valence-corrected chi connectivity index (χ4v) is 4.77. The molecule has 0 aromatic carbocycles. The van der Waals surface area contributed by atoms with Crippen molar-refractivity contribution in [3.63, 3.8) is 0 Å². The van der Waals surface area contributed by atoms with Gasteiger partial charge in [0.05, 0.1) is 0 Å². The Kier molecular flexibility index (Phi) is 7.20. The topological polar surface area (TPSA) is 6.48 Å². The SMILES string of the molecule is CSN(C(C)C)[C@@H]1CCCC[C@@H]1N(C(C)C)C(C)C. The van der Waals surface area contributed by atoms with E-state index in [1.165, 1.54) is 25.7 Å². The highest BCUT2D eigenvalue weighted by molar-refractivity contribution is 7.96. The fraction of sp³-hybridized carbons (Fsp3) is 1.00. The van der Waals surface area contributed by atoms with Gasteiger partial charge in [-0.1, -0.05) is 24.8 Å². The van der Waals surface area contributed by atoms with Crippen LogP contribution in [-0.4, -0.2) is 45.7 Å². The summed E-state index contributed by atoms with van der Waals surface area (Å²) in [5.41, 5.74) is 0. The summed E-state index contributed by atoms with van der Waals surface area (Å²) in [5.74, 6) is 0. The van der Waals surface area contributed by atoms with Gasteiger partial charge in [0.1, 0.15) is 0 Å². The lowest BCUT2D eigenvalue weighted by Crippen LogP contribution is -2.56. The summed E-state index contributed by atoms with van der Waals surface area (Å²) in [6.07, 6.45) is 7.76. The van der Waals surface area contributed by atoms with Gasteiger partial charge in [0.15, 0.2) is 0 Å². The molecule has 2 nitrogen and oxygen atoms in total. The summed E-state index contributed by atoms with van der Waals surface area (Å²) in [5, 5.41) is 0.